The molecule has 4 rings (SSSR count). The first-order valence-corrected chi connectivity index (χ1v) is 8.68. The van der Waals surface area contributed by atoms with Crippen molar-refractivity contribution < 1.29 is 9.59 Å². The molecule has 0 saturated carbocycles. The van der Waals surface area contributed by atoms with Crippen LogP contribution in [0.5, 0.6) is 0 Å². The zero-order chi connectivity index (χ0) is 15.8. The first-order valence-electron chi connectivity index (χ1n) is 6.92. The van der Waals surface area contributed by atoms with E-state index in [1.807, 2.05) is 35.7 Å². The maximum atomic E-state index is 12.8. The third-order valence-electron chi connectivity index (χ3n) is 3.47. The molecule has 1 aromatic carbocycles. The van der Waals surface area contributed by atoms with E-state index in [0.29, 0.717) is 17.1 Å². The van der Waals surface area contributed by atoms with Crippen molar-refractivity contribution >= 4 is 45.9 Å². The largest absolute Gasteiger partial charge is 0.323 e. The van der Waals surface area contributed by atoms with Crippen molar-refractivity contribution in [2.45, 2.75) is 0 Å². The molecule has 1 aliphatic rings. The fourth-order valence-electron chi connectivity index (χ4n) is 2.44. The lowest BCUT2D eigenvalue weighted by Crippen LogP contribution is -2.42. The summed E-state index contributed by atoms with van der Waals surface area (Å²) in [6, 6.07) is 11.2. The summed E-state index contributed by atoms with van der Waals surface area (Å²) in [6.45, 7) is 0.00170. The number of thiazole rings is 1. The highest BCUT2D eigenvalue weighted by Gasteiger charge is 2.28. The predicted octanol–water partition coefficient (Wildman–Crippen LogP) is 3.47. The average molecular weight is 341 g/mol. The highest BCUT2D eigenvalue weighted by atomic mass is 32.1. The van der Waals surface area contributed by atoms with Crippen LogP contribution in [0.1, 0.15) is 10.5 Å². The van der Waals surface area contributed by atoms with Crippen LogP contribution in [0.15, 0.2) is 47.2 Å². The monoisotopic (exact) mass is 341 g/mol. The zero-order valence-corrected chi connectivity index (χ0v) is 13.5. The van der Waals surface area contributed by atoms with Crippen LogP contribution in [0.25, 0.3) is 9.88 Å². The van der Waals surface area contributed by atoms with Crippen LogP contribution in [0.3, 0.4) is 0 Å². The summed E-state index contributed by atoms with van der Waals surface area (Å²) in [7, 11) is 0. The Bertz CT molecular complexity index is 886. The standard InChI is InChI=1S/C16H11N3O2S2/c20-14-8-19(12-5-2-1-4-10(12)17-14)16(21)11-9-23-15(18-11)13-6-3-7-22-13/h1-7,9H,8H2,(H,17,20). The van der Waals surface area contributed by atoms with E-state index in [-0.39, 0.29) is 18.4 Å². The highest BCUT2D eigenvalue weighted by molar-refractivity contribution is 7.20. The SMILES string of the molecule is O=C1CN(C(=O)c2csc(-c3cccs3)n2)c2ccccc2N1. The number of nitrogens with zero attached hydrogens (tertiary/aromatic N) is 2. The topological polar surface area (TPSA) is 62.3 Å². The minimum Gasteiger partial charge on any atom is -0.323 e. The van der Waals surface area contributed by atoms with Gasteiger partial charge < -0.3 is 5.32 Å². The number of para-hydroxylation sites is 2. The number of carbonyl (C=O) groups excluding carboxylic acids is 2. The lowest BCUT2D eigenvalue weighted by molar-refractivity contribution is -0.115. The van der Waals surface area contributed by atoms with Crippen molar-refractivity contribution in [2.24, 2.45) is 0 Å². The number of amides is 2. The second-order valence-electron chi connectivity index (χ2n) is 4.97. The van der Waals surface area contributed by atoms with E-state index in [1.54, 1.807) is 22.8 Å². The molecule has 0 radical (unpaired) electrons. The molecule has 0 saturated heterocycles. The zero-order valence-electron chi connectivity index (χ0n) is 11.9. The van der Waals surface area contributed by atoms with Crippen molar-refractivity contribution in [2.75, 3.05) is 16.8 Å². The molecule has 0 fully saturated rings. The highest BCUT2D eigenvalue weighted by Crippen LogP contribution is 2.32. The Hall–Kier alpha value is -2.51. The molecule has 1 N–H and O–H groups in total. The molecule has 0 unspecified atom stereocenters. The number of aromatic nitrogens is 1. The molecule has 0 atom stereocenters. The Morgan fingerprint density at radius 1 is 1.17 bits per heavy atom. The van der Waals surface area contributed by atoms with Crippen molar-refractivity contribution in [1.29, 1.82) is 0 Å². The Morgan fingerprint density at radius 3 is 2.87 bits per heavy atom. The van der Waals surface area contributed by atoms with Gasteiger partial charge in [-0.05, 0) is 23.6 Å². The molecule has 3 aromatic rings. The molecule has 7 heteroatoms. The maximum Gasteiger partial charge on any atom is 0.278 e. The van der Waals surface area contributed by atoms with Crippen LogP contribution in [0.4, 0.5) is 11.4 Å². The summed E-state index contributed by atoms with van der Waals surface area (Å²) >= 11 is 3.02. The normalized spacial score (nSPS) is 13.6. The Morgan fingerprint density at radius 2 is 2.04 bits per heavy atom. The van der Waals surface area contributed by atoms with Gasteiger partial charge in [0.25, 0.3) is 5.91 Å². The number of thiophene rings is 1. The first kappa shape index (κ1) is 14.1. The summed E-state index contributed by atoms with van der Waals surface area (Å²) in [5.74, 6) is -0.461. The third-order valence-corrected chi connectivity index (χ3v) is 5.35. The molecule has 2 amide bonds. The first-order chi connectivity index (χ1) is 11.2. The summed E-state index contributed by atoms with van der Waals surface area (Å²) in [6.07, 6.45) is 0. The summed E-state index contributed by atoms with van der Waals surface area (Å²) in [5, 5.41) is 7.31. The number of hydrogen-bond acceptors (Lipinski definition) is 5. The summed E-state index contributed by atoms with van der Waals surface area (Å²) in [5.41, 5.74) is 1.71. The minimum absolute atomic E-state index is 0.00170. The van der Waals surface area contributed by atoms with E-state index in [0.717, 1.165) is 9.88 Å². The Kier molecular flexibility index (Phi) is 3.44. The van der Waals surface area contributed by atoms with Gasteiger partial charge in [0, 0.05) is 5.38 Å². The molecule has 0 aliphatic carbocycles. The third kappa shape index (κ3) is 2.54. The van der Waals surface area contributed by atoms with Crippen molar-refractivity contribution in [3.8, 4) is 9.88 Å². The van der Waals surface area contributed by atoms with E-state index >= 15 is 0 Å². The van der Waals surface area contributed by atoms with Crippen LogP contribution in [-0.2, 0) is 4.79 Å². The van der Waals surface area contributed by atoms with E-state index in [1.165, 1.54) is 16.2 Å². The predicted molar refractivity (Wildman–Crippen MR) is 92.2 cm³/mol. The number of fused-ring (bicyclic) bond motifs is 1. The number of nitrogens with one attached hydrogen (secondary N) is 1. The second kappa shape index (κ2) is 5.60. The molecule has 5 nitrogen and oxygen atoms in total. The van der Waals surface area contributed by atoms with Crippen molar-refractivity contribution in [1.82, 2.24) is 4.98 Å². The van der Waals surface area contributed by atoms with E-state index in [2.05, 4.69) is 10.3 Å². The van der Waals surface area contributed by atoms with Gasteiger partial charge in [-0.2, -0.15) is 0 Å². The number of hydrogen-bond donors (Lipinski definition) is 1. The fourth-order valence-corrected chi connectivity index (χ4v) is 4.05. The molecule has 23 heavy (non-hydrogen) atoms. The maximum absolute atomic E-state index is 12.8. The molecule has 2 aromatic heterocycles. The van der Waals surface area contributed by atoms with Crippen LogP contribution < -0.4 is 10.2 Å². The van der Waals surface area contributed by atoms with Gasteiger partial charge in [-0.1, -0.05) is 18.2 Å². The minimum atomic E-state index is -0.258. The number of carbonyl (C=O) groups is 2. The lowest BCUT2D eigenvalue weighted by atomic mass is 10.2. The van der Waals surface area contributed by atoms with Gasteiger partial charge in [-0.3, -0.25) is 14.5 Å². The van der Waals surface area contributed by atoms with Crippen molar-refractivity contribution in [3.05, 3.63) is 52.9 Å². The van der Waals surface area contributed by atoms with Gasteiger partial charge >= 0.3 is 0 Å². The van der Waals surface area contributed by atoms with Gasteiger partial charge in [0.1, 0.15) is 17.2 Å². The van der Waals surface area contributed by atoms with E-state index < -0.39 is 0 Å². The smallest absolute Gasteiger partial charge is 0.278 e. The second-order valence-corrected chi connectivity index (χ2v) is 6.78. The van der Waals surface area contributed by atoms with Gasteiger partial charge in [0.05, 0.1) is 16.3 Å². The average Bonchev–Trinajstić information content (AvgIpc) is 3.24. The molecule has 1 aliphatic heterocycles. The lowest BCUT2D eigenvalue weighted by Gasteiger charge is -2.28. The van der Waals surface area contributed by atoms with Gasteiger partial charge in [-0.15, -0.1) is 22.7 Å². The van der Waals surface area contributed by atoms with Gasteiger partial charge in [-0.25, -0.2) is 4.98 Å². The van der Waals surface area contributed by atoms with Crippen LogP contribution in [-0.4, -0.2) is 23.3 Å². The molecular weight excluding hydrogens is 330 g/mol. The van der Waals surface area contributed by atoms with Crippen LogP contribution in [0.2, 0.25) is 0 Å². The quantitative estimate of drug-likeness (QED) is 0.776. The van der Waals surface area contributed by atoms with E-state index in [4.69, 9.17) is 0 Å². The van der Waals surface area contributed by atoms with Gasteiger partial charge in [0.2, 0.25) is 5.91 Å². The molecule has 3 heterocycles. The Balaban J connectivity index is 1.68. The van der Waals surface area contributed by atoms with Crippen LogP contribution >= 0.6 is 22.7 Å². The molecular formula is C16H11N3O2S2. The van der Waals surface area contributed by atoms with Crippen molar-refractivity contribution in [3.63, 3.8) is 0 Å². The molecule has 0 spiro atoms. The van der Waals surface area contributed by atoms with Gasteiger partial charge in [0.15, 0.2) is 0 Å². The summed E-state index contributed by atoms with van der Waals surface area (Å²) in [4.78, 5) is 31.6. The number of benzene rings is 1. The van der Waals surface area contributed by atoms with Crippen LogP contribution in [0, 0.1) is 0 Å². The molecule has 0 bridgehead atoms. The van der Waals surface area contributed by atoms with E-state index in [9.17, 15) is 9.59 Å². The Labute approximate surface area is 140 Å². The number of anilines is 2. The number of rotatable bonds is 2. The fraction of sp³-hybridized carbons (Fsp3) is 0.0625. The molecule has 114 valence electrons. The summed E-state index contributed by atoms with van der Waals surface area (Å²) < 4.78 is 0.